The monoisotopic (exact) mass is 368 g/mol. The largest absolute Gasteiger partial charge is 0.479 e. The Morgan fingerprint density at radius 1 is 1.12 bits per heavy atom. The molecule has 0 heterocycles. The fraction of sp³-hybridized carbons (Fsp3) is 0.632. The Morgan fingerprint density at radius 2 is 1.68 bits per heavy atom. The molecule has 0 fully saturated rings. The molecule has 25 heavy (non-hydrogen) atoms. The van der Waals surface area contributed by atoms with Crippen molar-refractivity contribution < 1.29 is 24.5 Å². The van der Waals surface area contributed by atoms with Crippen molar-refractivity contribution in [3.63, 3.8) is 0 Å². The molecule has 0 spiro atoms. The molecule has 0 amide bonds. The fourth-order valence-electron chi connectivity index (χ4n) is 3.52. The van der Waals surface area contributed by atoms with E-state index in [0.717, 1.165) is 11.6 Å². The van der Waals surface area contributed by atoms with Gasteiger partial charge in [-0.15, -0.1) is 0 Å². The summed E-state index contributed by atoms with van der Waals surface area (Å²) in [5.74, 6) is -1.37. The molecule has 1 aromatic rings. The van der Waals surface area contributed by atoms with Crippen LogP contribution < -0.4 is 0 Å². The molecule has 0 bridgehead atoms. The number of aliphatic carboxylic acids is 1. The van der Waals surface area contributed by atoms with Crippen molar-refractivity contribution in [2.75, 3.05) is 0 Å². The van der Waals surface area contributed by atoms with Crippen LogP contribution in [-0.2, 0) is 9.22 Å². The van der Waals surface area contributed by atoms with Crippen LogP contribution in [-0.4, -0.2) is 47.9 Å². The van der Waals surface area contributed by atoms with Crippen molar-refractivity contribution in [2.24, 2.45) is 5.92 Å². The van der Waals surface area contributed by atoms with E-state index in [1.165, 1.54) is 0 Å². The highest BCUT2D eigenvalue weighted by atomic mass is 28.4. The zero-order valence-electron chi connectivity index (χ0n) is 15.8. The summed E-state index contributed by atoms with van der Waals surface area (Å²) in [5.41, 5.74) is 0.800. The van der Waals surface area contributed by atoms with Crippen molar-refractivity contribution in [1.29, 1.82) is 0 Å². The van der Waals surface area contributed by atoms with Gasteiger partial charge in [0.15, 0.2) is 14.4 Å². The number of carboxylic acid groups (broad SMARTS) is 1. The van der Waals surface area contributed by atoms with Gasteiger partial charge in [0.2, 0.25) is 0 Å². The minimum atomic E-state index is -1.84. The van der Waals surface area contributed by atoms with Crippen molar-refractivity contribution in [3.8, 4) is 0 Å². The topological polar surface area (TPSA) is 87.0 Å². The Morgan fingerprint density at radius 3 is 2.16 bits per heavy atom. The summed E-state index contributed by atoms with van der Waals surface area (Å²) >= 11 is 0. The van der Waals surface area contributed by atoms with E-state index in [1.807, 2.05) is 37.3 Å². The van der Waals surface area contributed by atoms with Crippen LogP contribution >= 0.6 is 0 Å². The van der Waals surface area contributed by atoms with E-state index in [4.69, 9.17) is 9.53 Å². The van der Waals surface area contributed by atoms with E-state index in [1.54, 1.807) is 0 Å². The molecule has 0 saturated carbocycles. The predicted octanol–water partition coefficient (Wildman–Crippen LogP) is 3.23. The first-order chi connectivity index (χ1) is 11.5. The number of carbonyl (C=O) groups is 1. The van der Waals surface area contributed by atoms with Crippen LogP contribution in [0.2, 0.25) is 19.1 Å². The van der Waals surface area contributed by atoms with E-state index >= 15 is 0 Å². The zero-order valence-corrected chi connectivity index (χ0v) is 16.8. The van der Waals surface area contributed by atoms with Crippen LogP contribution in [0.1, 0.15) is 38.7 Å². The molecule has 3 N–H and O–H groups in total. The molecule has 4 unspecified atom stereocenters. The van der Waals surface area contributed by atoms with Gasteiger partial charge >= 0.3 is 5.97 Å². The first kappa shape index (κ1) is 21.8. The third-order valence-electron chi connectivity index (χ3n) is 4.22. The maximum absolute atomic E-state index is 11.1. The highest BCUT2D eigenvalue weighted by Crippen LogP contribution is 2.30. The first-order valence-electron chi connectivity index (χ1n) is 8.85. The number of hydrogen-bond acceptors (Lipinski definition) is 4. The average molecular weight is 369 g/mol. The molecule has 0 aliphatic heterocycles. The number of benzene rings is 1. The summed E-state index contributed by atoms with van der Waals surface area (Å²) in [6.45, 7) is 10.6. The quantitative estimate of drug-likeness (QED) is 0.552. The molecule has 0 aromatic heterocycles. The number of hydrogen-bond donors (Lipinski definition) is 3. The minimum Gasteiger partial charge on any atom is -0.479 e. The molecule has 0 saturated heterocycles. The van der Waals surface area contributed by atoms with E-state index in [0.29, 0.717) is 12.3 Å². The first-order valence-corrected chi connectivity index (χ1v) is 12.0. The highest BCUT2D eigenvalue weighted by molar-refractivity contribution is 6.71. The van der Waals surface area contributed by atoms with E-state index < -0.39 is 32.4 Å². The van der Waals surface area contributed by atoms with E-state index in [2.05, 4.69) is 26.9 Å². The predicted molar refractivity (Wildman–Crippen MR) is 101 cm³/mol. The van der Waals surface area contributed by atoms with Crippen molar-refractivity contribution in [2.45, 2.75) is 70.6 Å². The molecule has 142 valence electrons. The Labute approximate surface area is 151 Å². The normalized spacial score (nSPS) is 17.1. The van der Waals surface area contributed by atoms with Crippen molar-refractivity contribution in [3.05, 3.63) is 35.9 Å². The second-order valence-corrected chi connectivity index (χ2v) is 12.0. The molecule has 1 aromatic carbocycles. The van der Waals surface area contributed by atoms with Crippen molar-refractivity contribution >= 4 is 14.3 Å². The van der Waals surface area contributed by atoms with E-state index in [9.17, 15) is 15.0 Å². The molecule has 0 aliphatic carbocycles. The average Bonchev–Trinajstić information content (AvgIpc) is 2.50. The number of rotatable bonds is 10. The van der Waals surface area contributed by atoms with Gasteiger partial charge in [-0.25, -0.2) is 4.79 Å². The van der Waals surface area contributed by atoms with Gasteiger partial charge in [-0.05, 0) is 44.0 Å². The lowest BCUT2D eigenvalue weighted by atomic mass is 9.86. The standard InChI is InChI=1S/C19H32O5Si/c1-13(2)12-25(4,5)24-14(3)11-16(15-9-7-6-8-10-15)17(20)18(21)19(22)23/h6-10,13-14,16-18,20-21H,11-12H2,1-5H3,(H,22,23). The highest BCUT2D eigenvalue weighted by Gasteiger charge is 2.34. The van der Waals surface area contributed by atoms with Gasteiger partial charge in [-0.2, -0.15) is 0 Å². The summed E-state index contributed by atoms with van der Waals surface area (Å²) in [7, 11) is -1.84. The SMILES string of the molecule is CC(C)C[Si](C)(C)OC(C)CC(c1ccccc1)C(O)C(O)C(=O)O. The zero-order chi connectivity index (χ0) is 19.2. The Balaban J connectivity index is 2.92. The third kappa shape index (κ3) is 7.28. The van der Waals surface area contributed by atoms with Gasteiger partial charge < -0.3 is 19.7 Å². The second kappa shape index (κ2) is 9.47. The maximum atomic E-state index is 11.1. The van der Waals surface area contributed by atoms with Crippen LogP contribution in [0, 0.1) is 5.92 Å². The third-order valence-corrected chi connectivity index (χ3v) is 7.06. The summed E-state index contributed by atoms with van der Waals surface area (Å²) in [4.78, 5) is 11.1. The maximum Gasteiger partial charge on any atom is 0.335 e. The summed E-state index contributed by atoms with van der Waals surface area (Å²) < 4.78 is 6.29. The van der Waals surface area contributed by atoms with Crippen LogP contribution in [0.15, 0.2) is 30.3 Å². The van der Waals surface area contributed by atoms with Crippen LogP contribution in [0.5, 0.6) is 0 Å². The summed E-state index contributed by atoms with van der Waals surface area (Å²) in [6.07, 6.45) is -2.90. The van der Waals surface area contributed by atoms with Gasteiger partial charge in [0.05, 0.1) is 6.10 Å². The van der Waals surface area contributed by atoms with Gasteiger partial charge in [0.1, 0.15) is 0 Å². The smallest absolute Gasteiger partial charge is 0.335 e. The summed E-state index contributed by atoms with van der Waals surface area (Å²) in [6, 6.07) is 10.3. The lowest BCUT2D eigenvalue weighted by Gasteiger charge is -2.33. The van der Waals surface area contributed by atoms with Crippen molar-refractivity contribution in [1.82, 2.24) is 0 Å². The molecular formula is C19H32O5Si. The summed E-state index contributed by atoms with van der Waals surface area (Å²) in [5, 5.41) is 29.3. The van der Waals surface area contributed by atoms with Crippen LogP contribution in [0.4, 0.5) is 0 Å². The molecule has 6 heteroatoms. The lowest BCUT2D eigenvalue weighted by molar-refractivity contribution is -0.154. The molecule has 0 aliphatic rings. The Hall–Kier alpha value is -1.21. The van der Waals surface area contributed by atoms with Crippen LogP contribution in [0.25, 0.3) is 0 Å². The van der Waals surface area contributed by atoms with Gasteiger partial charge in [-0.3, -0.25) is 0 Å². The van der Waals surface area contributed by atoms with Crippen LogP contribution in [0.3, 0.4) is 0 Å². The lowest BCUT2D eigenvalue weighted by Crippen LogP contribution is -2.41. The number of carboxylic acids is 1. The molecule has 0 radical (unpaired) electrons. The molecule has 4 atom stereocenters. The fourth-order valence-corrected chi connectivity index (χ4v) is 6.77. The molecular weight excluding hydrogens is 336 g/mol. The van der Waals surface area contributed by atoms with Gasteiger partial charge in [0, 0.05) is 12.0 Å². The molecule has 1 rings (SSSR count). The Bertz CT molecular complexity index is 532. The van der Waals surface area contributed by atoms with Gasteiger partial charge in [-0.1, -0.05) is 44.2 Å². The van der Waals surface area contributed by atoms with E-state index in [-0.39, 0.29) is 6.10 Å². The minimum absolute atomic E-state index is 0.138. The number of aliphatic hydroxyl groups excluding tert-OH is 2. The Kier molecular flexibility index (Phi) is 8.27. The van der Waals surface area contributed by atoms with Gasteiger partial charge in [0.25, 0.3) is 0 Å². The second-order valence-electron chi connectivity index (χ2n) is 7.81. The number of aliphatic hydroxyl groups is 2. The molecule has 5 nitrogen and oxygen atoms in total.